The lowest BCUT2D eigenvalue weighted by molar-refractivity contribution is -0.112. The molecule has 3 aromatic rings. The lowest BCUT2D eigenvalue weighted by Gasteiger charge is -2.10. The van der Waals surface area contributed by atoms with Crippen LogP contribution in [0.1, 0.15) is 18.2 Å². The van der Waals surface area contributed by atoms with E-state index in [0.29, 0.717) is 17.2 Å². The normalized spacial score (nSPS) is 10.8. The maximum absolute atomic E-state index is 11.1. The maximum atomic E-state index is 11.1. The molecule has 3 rings (SSSR count). The first kappa shape index (κ1) is 19.2. The minimum atomic E-state index is -0.0154. The number of benzene rings is 2. The predicted octanol–water partition coefficient (Wildman–Crippen LogP) is 3.47. The van der Waals surface area contributed by atoms with Gasteiger partial charge in [-0.25, -0.2) is 4.68 Å². The third kappa shape index (κ3) is 4.76. The molecule has 0 saturated carbocycles. The van der Waals surface area contributed by atoms with E-state index in [1.54, 1.807) is 37.2 Å². The summed E-state index contributed by atoms with van der Waals surface area (Å²) < 4.78 is 18.1. The van der Waals surface area contributed by atoms with E-state index in [9.17, 15) is 4.79 Å². The molecule has 0 fully saturated rings. The summed E-state index contributed by atoms with van der Waals surface area (Å²) >= 11 is 0. The van der Waals surface area contributed by atoms with Gasteiger partial charge in [0.25, 0.3) is 0 Å². The summed E-state index contributed by atoms with van der Waals surface area (Å²) in [6.45, 7) is 1.74. The standard InChI is InChI=1S/C21H21N3O4/c1-15(25)7-8-16-9-10-20(21(11-16)27-3)28-14-17-13-24(23-22-17)18-5-4-6-19(12-18)26-2/h4-13H,14H2,1-3H3/b8-7+. The Labute approximate surface area is 163 Å². The second-order valence-electron chi connectivity index (χ2n) is 6.00. The number of nitrogens with zero attached hydrogens (tertiary/aromatic N) is 3. The molecule has 0 atom stereocenters. The molecule has 0 spiro atoms. The molecule has 0 saturated heterocycles. The summed E-state index contributed by atoms with van der Waals surface area (Å²) in [4.78, 5) is 11.1. The molecule has 0 aliphatic rings. The molecular weight excluding hydrogens is 358 g/mol. The van der Waals surface area contributed by atoms with Gasteiger partial charge in [0.15, 0.2) is 17.3 Å². The third-order valence-electron chi connectivity index (χ3n) is 3.93. The molecule has 0 unspecified atom stereocenters. The highest BCUT2D eigenvalue weighted by Crippen LogP contribution is 2.29. The van der Waals surface area contributed by atoms with E-state index in [-0.39, 0.29) is 12.4 Å². The van der Waals surface area contributed by atoms with E-state index >= 15 is 0 Å². The minimum Gasteiger partial charge on any atom is -0.497 e. The second kappa shape index (κ2) is 8.85. The largest absolute Gasteiger partial charge is 0.497 e. The van der Waals surface area contributed by atoms with Crippen LogP contribution in [0.15, 0.2) is 54.7 Å². The summed E-state index contributed by atoms with van der Waals surface area (Å²) in [5.41, 5.74) is 2.37. The Bertz CT molecular complexity index is 995. The van der Waals surface area contributed by atoms with Crippen LogP contribution in [0.3, 0.4) is 0 Å². The smallest absolute Gasteiger partial charge is 0.161 e. The molecule has 144 valence electrons. The molecule has 0 radical (unpaired) electrons. The zero-order valence-corrected chi connectivity index (χ0v) is 16.0. The number of hydrogen-bond donors (Lipinski definition) is 0. The van der Waals surface area contributed by atoms with Crippen LogP contribution in [0, 0.1) is 0 Å². The lowest BCUT2D eigenvalue weighted by atomic mass is 10.1. The van der Waals surface area contributed by atoms with Crippen LogP contribution >= 0.6 is 0 Å². The Balaban J connectivity index is 1.70. The molecular formula is C21H21N3O4. The molecule has 0 amide bonds. The molecule has 1 heterocycles. The molecule has 28 heavy (non-hydrogen) atoms. The number of hydrogen-bond acceptors (Lipinski definition) is 6. The second-order valence-corrected chi connectivity index (χ2v) is 6.00. The van der Waals surface area contributed by atoms with E-state index < -0.39 is 0 Å². The summed E-state index contributed by atoms with van der Waals surface area (Å²) in [6.07, 6.45) is 5.03. The maximum Gasteiger partial charge on any atom is 0.161 e. The molecule has 1 aromatic heterocycles. The van der Waals surface area contributed by atoms with Crippen molar-refractivity contribution >= 4 is 11.9 Å². The van der Waals surface area contributed by atoms with Crippen molar-refractivity contribution in [2.24, 2.45) is 0 Å². The first-order valence-corrected chi connectivity index (χ1v) is 8.64. The van der Waals surface area contributed by atoms with Gasteiger partial charge in [0.2, 0.25) is 0 Å². The zero-order valence-electron chi connectivity index (χ0n) is 16.0. The topological polar surface area (TPSA) is 75.5 Å². The highest BCUT2D eigenvalue weighted by atomic mass is 16.5. The summed E-state index contributed by atoms with van der Waals surface area (Å²) in [5, 5.41) is 8.27. The highest BCUT2D eigenvalue weighted by molar-refractivity contribution is 5.91. The van der Waals surface area contributed by atoms with Crippen molar-refractivity contribution in [1.29, 1.82) is 0 Å². The lowest BCUT2D eigenvalue weighted by Crippen LogP contribution is -1.98. The predicted molar refractivity (Wildman–Crippen MR) is 105 cm³/mol. The summed E-state index contributed by atoms with van der Waals surface area (Å²) in [7, 11) is 3.19. The van der Waals surface area contributed by atoms with Crippen LogP contribution in [-0.4, -0.2) is 35.0 Å². The average molecular weight is 379 g/mol. The third-order valence-corrected chi connectivity index (χ3v) is 3.93. The number of methoxy groups -OCH3 is 2. The van der Waals surface area contributed by atoms with Crippen molar-refractivity contribution in [2.45, 2.75) is 13.5 Å². The van der Waals surface area contributed by atoms with Gasteiger partial charge < -0.3 is 14.2 Å². The van der Waals surface area contributed by atoms with Gasteiger partial charge in [-0.3, -0.25) is 4.79 Å². The van der Waals surface area contributed by atoms with E-state index in [1.807, 2.05) is 36.4 Å². The molecule has 7 heteroatoms. The monoisotopic (exact) mass is 379 g/mol. The Hall–Kier alpha value is -3.61. The van der Waals surface area contributed by atoms with Crippen molar-refractivity contribution in [3.8, 4) is 22.9 Å². The number of carbonyl (C=O) groups excluding carboxylic acids is 1. The number of rotatable bonds is 8. The van der Waals surface area contributed by atoms with Gasteiger partial charge >= 0.3 is 0 Å². The van der Waals surface area contributed by atoms with Crippen LogP contribution < -0.4 is 14.2 Å². The fourth-order valence-electron chi connectivity index (χ4n) is 2.52. The van der Waals surface area contributed by atoms with Gasteiger partial charge in [0.05, 0.1) is 26.1 Å². The number of ether oxygens (including phenoxy) is 3. The van der Waals surface area contributed by atoms with Gasteiger partial charge in [-0.05, 0) is 42.8 Å². The summed E-state index contributed by atoms with van der Waals surface area (Å²) in [6, 6.07) is 13.0. The van der Waals surface area contributed by atoms with Crippen molar-refractivity contribution in [3.63, 3.8) is 0 Å². The van der Waals surface area contributed by atoms with E-state index in [4.69, 9.17) is 14.2 Å². The van der Waals surface area contributed by atoms with Gasteiger partial charge in [-0.2, -0.15) is 0 Å². The first-order chi connectivity index (χ1) is 13.6. The van der Waals surface area contributed by atoms with Gasteiger partial charge in [0, 0.05) is 6.07 Å². The SMILES string of the molecule is COc1cccc(-n2cc(COc3ccc(/C=C/C(C)=O)cc3OC)nn2)c1. The number of allylic oxidation sites excluding steroid dienone is 1. The minimum absolute atomic E-state index is 0.0154. The summed E-state index contributed by atoms with van der Waals surface area (Å²) in [5.74, 6) is 1.89. The number of carbonyl (C=O) groups is 1. The van der Waals surface area contributed by atoms with E-state index in [2.05, 4.69) is 10.3 Å². The fraction of sp³-hybridized carbons (Fsp3) is 0.190. The zero-order chi connectivity index (χ0) is 19.9. The van der Waals surface area contributed by atoms with E-state index in [0.717, 1.165) is 17.0 Å². The molecule has 2 aromatic carbocycles. The number of aromatic nitrogens is 3. The molecule has 7 nitrogen and oxygen atoms in total. The Morgan fingerprint density at radius 2 is 1.96 bits per heavy atom. The van der Waals surface area contributed by atoms with Crippen LogP contribution in [-0.2, 0) is 11.4 Å². The van der Waals surface area contributed by atoms with E-state index in [1.165, 1.54) is 13.0 Å². The van der Waals surface area contributed by atoms with Crippen LogP contribution in [0.4, 0.5) is 0 Å². The molecule has 0 aliphatic heterocycles. The van der Waals surface area contributed by atoms with Crippen molar-refractivity contribution in [3.05, 3.63) is 66.0 Å². The van der Waals surface area contributed by atoms with Crippen LogP contribution in [0.5, 0.6) is 17.2 Å². The van der Waals surface area contributed by atoms with Crippen LogP contribution in [0.25, 0.3) is 11.8 Å². The highest BCUT2D eigenvalue weighted by Gasteiger charge is 2.08. The molecule has 0 bridgehead atoms. The molecule has 0 N–H and O–H groups in total. The van der Waals surface area contributed by atoms with Gasteiger partial charge in [-0.1, -0.05) is 23.4 Å². The van der Waals surface area contributed by atoms with Crippen LogP contribution in [0.2, 0.25) is 0 Å². The Morgan fingerprint density at radius 1 is 1.11 bits per heavy atom. The first-order valence-electron chi connectivity index (χ1n) is 8.64. The van der Waals surface area contributed by atoms with Crippen molar-refractivity contribution in [1.82, 2.24) is 15.0 Å². The van der Waals surface area contributed by atoms with Crippen molar-refractivity contribution < 1.29 is 19.0 Å². The van der Waals surface area contributed by atoms with Crippen molar-refractivity contribution in [2.75, 3.05) is 14.2 Å². The fourth-order valence-corrected chi connectivity index (χ4v) is 2.52. The quantitative estimate of drug-likeness (QED) is 0.558. The molecule has 0 aliphatic carbocycles. The Morgan fingerprint density at radius 3 is 2.71 bits per heavy atom. The average Bonchev–Trinajstić information content (AvgIpc) is 3.20. The van der Waals surface area contributed by atoms with Gasteiger partial charge in [-0.15, -0.1) is 5.10 Å². The Kier molecular flexibility index (Phi) is 6.06. The number of ketones is 1. The van der Waals surface area contributed by atoms with Gasteiger partial charge in [0.1, 0.15) is 18.1 Å².